The average Bonchev–Trinajstić information content (AvgIpc) is 2.78. The van der Waals surface area contributed by atoms with Crippen LogP contribution in [0.3, 0.4) is 0 Å². The number of anilines is 1. The van der Waals surface area contributed by atoms with Gasteiger partial charge in [0.15, 0.2) is 0 Å². The molecule has 5 heteroatoms. The molecule has 122 valence electrons. The van der Waals surface area contributed by atoms with E-state index in [4.69, 9.17) is 0 Å². The van der Waals surface area contributed by atoms with E-state index in [-0.39, 0.29) is 17.4 Å². The predicted octanol–water partition coefficient (Wildman–Crippen LogP) is 2.56. The molecule has 0 saturated carbocycles. The van der Waals surface area contributed by atoms with Gasteiger partial charge in [-0.05, 0) is 23.6 Å². The van der Waals surface area contributed by atoms with E-state index in [0.717, 1.165) is 16.5 Å². The highest BCUT2D eigenvalue weighted by Gasteiger charge is 2.35. The summed E-state index contributed by atoms with van der Waals surface area (Å²) >= 11 is 0. The molecule has 3 rings (SSSR count). The molecule has 0 radical (unpaired) electrons. The normalized spacial score (nSPS) is 15.0. The van der Waals surface area contributed by atoms with Crippen LogP contribution in [0.1, 0.15) is 0 Å². The van der Waals surface area contributed by atoms with E-state index in [9.17, 15) is 9.59 Å². The van der Waals surface area contributed by atoms with Crippen molar-refractivity contribution in [1.82, 2.24) is 10.0 Å². The SMILES string of the molecule is CN(C=CC=C1C(=O)N(C)N(C)C1=O)c1cccc2ccccc12. The van der Waals surface area contributed by atoms with Crippen molar-refractivity contribution in [1.29, 1.82) is 0 Å². The summed E-state index contributed by atoms with van der Waals surface area (Å²) in [6, 6.07) is 14.3. The molecular weight excluding hydrogens is 302 g/mol. The second-order valence-corrected chi connectivity index (χ2v) is 5.69. The zero-order chi connectivity index (χ0) is 17.3. The quantitative estimate of drug-likeness (QED) is 0.645. The largest absolute Gasteiger partial charge is 0.351 e. The minimum atomic E-state index is -0.292. The summed E-state index contributed by atoms with van der Waals surface area (Å²) in [5.74, 6) is -0.583. The molecule has 1 heterocycles. The summed E-state index contributed by atoms with van der Waals surface area (Å²) in [7, 11) is 5.09. The third-order valence-electron chi connectivity index (χ3n) is 4.22. The molecule has 5 nitrogen and oxygen atoms in total. The van der Waals surface area contributed by atoms with E-state index in [1.807, 2.05) is 42.4 Å². The first-order chi connectivity index (χ1) is 11.5. The Bertz CT molecular complexity index is 843. The number of amides is 2. The molecule has 0 bridgehead atoms. The van der Waals surface area contributed by atoms with E-state index in [2.05, 4.69) is 18.2 Å². The van der Waals surface area contributed by atoms with Gasteiger partial charge in [-0.1, -0.05) is 36.4 Å². The fourth-order valence-electron chi connectivity index (χ4n) is 2.72. The van der Waals surface area contributed by atoms with E-state index in [1.165, 1.54) is 10.0 Å². The first-order valence-corrected chi connectivity index (χ1v) is 7.66. The van der Waals surface area contributed by atoms with Gasteiger partial charge in [-0.3, -0.25) is 19.6 Å². The number of likely N-dealkylation sites (N-methyl/N-ethyl adjacent to an activating group) is 2. The number of allylic oxidation sites excluding steroid dienone is 2. The Morgan fingerprint density at radius 3 is 2.25 bits per heavy atom. The molecule has 2 amide bonds. The Morgan fingerprint density at radius 1 is 0.917 bits per heavy atom. The second-order valence-electron chi connectivity index (χ2n) is 5.69. The maximum absolute atomic E-state index is 12.0. The van der Waals surface area contributed by atoms with Crippen LogP contribution in [0.15, 0.2) is 66.4 Å². The van der Waals surface area contributed by atoms with Gasteiger partial charge in [0.2, 0.25) is 0 Å². The Balaban J connectivity index is 1.86. The summed E-state index contributed by atoms with van der Waals surface area (Å²) in [5, 5.41) is 4.91. The molecule has 24 heavy (non-hydrogen) atoms. The molecule has 0 aromatic heterocycles. The monoisotopic (exact) mass is 321 g/mol. The molecule has 1 fully saturated rings. The third-order valence-corrected chi connectivity index (χ3v) is 4.22. The molecule has 0 unspecified atom stereocenters. The molecule has 1 saturated heterocycles. The standard InChI is InChI=1S/C19H19N3O2/c1-20(17-12-6-9-14-8-4-5-10-15(14)17)13-7-11-16-18(23)21(2)22(3)19(16)24/h4-13H,1-3H3. The van der Waals surface area contributed by atoms with Gasteiger partial charge in [0.05, 0.1) is 0 Å². The maximum Gasteiger partial charge on any atom is 0.277 e. The second kappa shape index (κ2) is 6.20. The summed E-state index contributed by atoms with van der Waals surface area (Å²) in [4.78, 5) is 26.0. The van der Waals surface area contributed by atoms with Crippen LogP contribution >= 0.6 is 0 Å². The topological polar surface area (TPSA) is 43.9 Å². The summed E-state index contributed by atoms with van der Waals surface area (Å²) in [6.45, 7) is 0. The van der Waals surface area contributed by atoms with E-state index in [0.29, 0.717) is 0 Å². The van der Waals surface area contributed by atoms with Gasteiger partial charge in [0.25, 0.3) is 11.8 Å². The van der Waals surface area contributed by atoms with Crippen molar-refractivity contribution < 1.29 is 9.59 Å². The van der Waals surface area contributed by atoms with Gasteiger partial charge < -0.3 is 4.90 Å². The molecule has 0 atom stereocenters. The van der Waals surface area contributed by atoms with E-state index >= 15 is 0 Å². The lowest BCUT2D eigenvalue weighted by atomic mass is 10.1. The summed E-state index contributed by atoms with van der Waals surface area (Å²) in [5.41, 5.74) is 1.23. The first-order valence-electron chi connectivity index (χ1n) is 7.66. The van der Waals surface area contributed by atoms with Crippen LogP contribution in [-0.4, -0.2) is 43.0 Å². The summed E-state index contributed by atoms with van der Waals surface area (Å²) < 4.78 is 0. The molecule has 2 aromatic rings. The molecule has 1 aliphatic heterocycles. The maximum atomic E-state index is 12.0. The number of carbonyl (C=O) groups excluding carboxylic acids is 2. The van der Waals surface area contributed by atoms with Crippen molar-refractivity contribution in [2.24, 2.45) is 0 Å². The van der Waals surface area contributed by atoms with Crippen LogP contribution in [0.5, 0.6) is 0 Å². The smallest absolute Gasteiger partial charge is 0.277 e. The highest BCUT2D eigenvalue weighted by atomic mass is 16.2. The molecule has 0 spiro atoms. The van der Waals surface area contributed by atoms with Crippen LogP contribution in [0.4, 0.5) is 5.69 Å². The first kappa shape index (κ1) is 15.8. The van der Waals surface area contributed by atoms with Gasteiger partial charge >= 0.3 is 0 Å². The van der Waals surface area contributed by atoms with Crippen LogP contribution in [0.25, 0.3) is 10.8 Å². The number of hydrazine groups is 1. The highest BCUT2D eigenvalue weighted by molar-refractivity contribution is 6.22. The van der Waals surface area contributed by atoms with Crippen molar-refractivity contribution in [3.8, 4) is 0 Å². The number of hydrogen-bond acceptors (Lipinski definition) is 3. The average molecular weight is 321 g/mol. The Labute approximate surface area is 141 Å². The molecule has 1 aliphatic rings. The highest BCUT2D eigenvalue weighted by Crippen LogP contribution is 2.26. The lowest BCUT2D eigenvalue weighted by Gasteiger charge is -2.16. The molecular formula is C19H19N3O2. The van der Waals surface area contributed by atoms with E-state index in [1.54, 1.807) is 26.2 Å². The number of rotatable bonds is 3. The fraction of sp³-hybridized carbons (Fsp3) is 0.158. The van der Waals surface area contributed by atoms with Gasteiger partial charge in [0, 0.05) is 38.4 Å². The van der Waals surface area contributed by atoms with Gasteiger partial charge in [-0.25, -0.2) is 0 Å². The van der Waals surface area contributed by atoms with Crippen molar-refractivity contribution in [2.45, 2.75) is 0 Å². The van der Waals surface area contributed by atoms with Crippen molar-refractivity contribution in [2.75, 3.05) is 26.0 Å². The van der Waals surface area contributed by atoms with Crippen LogP contribution in [0, 0.1) is 0 Å². The zero-order valence-electron chi connectivity index (χ0n) is 13.9. The number of fused-ring (bicyclic) bond motifs is 1. The summed E-state index contributed by atoms with van der Waals surface area (Å²) in [6.07, 6.45) is 5.12. The van der Waals surface area contributed by atoms with Crippen molar-refractivity contribution >= 4 is 28.3 Å². The Kier molecular flexibility index (Phi) is 4.08. The van der Waals surface area contributed by atoms with Crippen molar-refractivity contribution in [3.63, 3.8) is 0 Å². The Hall–Kier alpha value is -3.08. The number of benzene rings is 2. The lowest BCUT2D eigenvalue weighted by molar-refractivity contribution is -0.141. The van der Waals surface area contributed by atoms with Crippen LogP contribution in [-0.2, 0) is 9.59 Å². The zero-order valence-corrected chi connectivity index (χ0v) is 13.9. The van der Waals surface area contributed by atoms with Crippen LogP contribution in [0.2, 0.25) is 0 Å². The minimum absolute atomic E-state index is 0.169. The van der Waals surface area contributed by atoms with Crippen molar-refractivity contribution in [3.05, 3.63) is 66.4 Å². The molecule has 0 N–H and O–H groups in total. The van der Waals surface area contributed by atoms with Gasteiger partial charge in [-0.2, -0.15) is 0 Å². The van der Waals surface area contributed by atoms with Crippen LogP contribution < -0.4 is 4.90 Å². The Morgan fingerprint density at radius 2 is 1.54 bits per heavy atom. The van der Waals surface area contributed by atoms with Gasteiger partial charge in [-0.15, -0.1) is 0 Å². The number of nitrogens with zero attached hydrogens (tertiary/aromatic N) is 3. The van der Waals surface area contributed by atoms with Gasteiger partial charge in [0.1, 0.15) is 5.57 Å². The number of hydrogen-bond donors (Lipinski definition) is 0. The van der Waals surface area contributed by atoms with E-state index < -0.39 is 0 Å². The molecule has 2 aromatic carbocycles. The lowest BCUT2D eigenvalue weighted by Crippen LogP contribution is -2.33. The third kappa shape index (κ3) is 2.65. The number of carbonyl (C=O) groups is 2. The molecule has 0 aliphatic carbocycles. The fourth-order valence-corrected chi connectivity index (χ4v) is 2.72. The minimum Gasteiger partial charge on any atom is -0.351 e. The predicted molar refractivity (Wildman–Crippen MR) is 95.1 cm³/mol.